The Morgan fingerprint density at radius 1 is 1.33 bits per heavy atom. The first kappa shape index (κ1) is 9.83. The Kier molecular flexibility index (Phi) is 9.27. The van der Waals surface area contributed by atoms with Crippen LogP contribution in [0.1, 0.15) is 27.2 Å². The quantitative estimate of drug-likeness (QED) is 0.630. The average molecular weight is 257 g/mol. The van der Waals surface area contributed by atoms with Gasteiger partial charge in [-0.15, -0.1) is 0 Å². The molecule has 1 heteroatoms. The maximum absolute atomic E-state index is 2.16. The van der Waals surface area contributed by atoms with Crippen LogP contribution in [0.2, 0.25) is 0 Å². The van der Waals surface area contributed by atoms with Crippen LogP contribution in [0.25, 0.3) is 0 Å². The first-order valence-corrected chi connectivity index (χ1v) is 2.06. The molecule has 0 spiro atoms. The molecule has 0 aromatic carbocycles. The molecule has 1 radical (unpaired) electrons. The third-order valence-corrected chi connectivity index (χ3v) is 0.707. The summed E-state index contributed by atoms with van der Waals surface area (Å²) in [6, 6.07) is 0. The molecule has 0 fully saturated rings. The smallest absolute Gasteiger partial charge is 0 e. The normalized spacial score (nSPS) is 8.00. The Balaban J connectivity index is 0. The number of rotatable bonds is 1. The second kappa shape index (κ2) is 5.66. The number of hydrogen-bond acceptors (Lipinski definition) is 0. The van der Waals surface area contributed by atoms with Crippen LogP contribution in [0.15, 0.2) is 0 Å². The van der Waals surface area contributed by atoms with Gasteiger partial charge in [0.1, 0.15) is 0 Å². The van der Waals surface area contributed by atoms with Gasteiger partial charge < -0.3 is 5.92 Å². The monoisotopic (exact) mass is 258 g/mol. The third kappa shape index (κ3) is 8.82. The standard InChI is InChI=1S/C5H11.Re/c1-4-5(2)3;/h4H2,1-3H3;/q-1;. The zero-order valence-electron chi connectivity index (χ0n) is 4.59. The van der Waals surface area contributed by atoms with Crippen LogP contribution >= 0.6 is 0 Å². The Morgan fingerprint density at radius 3 is 1.50 bits per heavy atom. The topological polar surface area (TPSA) is 0 Å². The van der Waals surface area contributed by atoms with Gasteiger partial charge in [0.25, 0.3) is 0 Å². The van der Waals surface area contributed by atoms with Crippen molar-refractivity contribution < 1.29 is 20.4 Å². The molecule has 0 aromatic heterocycles. The minimum atomic E-state index is 0. The fourth-order valence-corrected chi connectivity index (χ4v) is 0. The molecule has 0 amide bonds. The van der Waals surface area contributed by atoms with Crippen molar-refractivity contribution in [2.24, 2.45) is 0 Å². The molecule has 0 N–H and O–H groups in total. The summed E-state index contributed by atoms with van der Waals surface area (Å²) in [5, 5.41) is 0. The van der Waals surface area contributed by atoms with Gasteiger partial charge in [0.15, 0.2) is 0 Å². The van der Waals surface area contributed by atoms with Crippen LogP contribution in [-0.4, -0.2) is 0 Å². The van der Waals surface area contributed by atoms with Crippen molar-refractivity contribution in [1.82, 2.24) is 0 Å². The Labute approximate surface area is 54.0 Å². The van der Waals surface area contributed by atoms with Crippen LogP contribution in [0, 0.1) is 5.92 Å². The van der Waals surface area contributed by atoms with Gasteiger partial charge in [-0.05, 0) is 0 Å². The van der Waals surface area contributed by atoms with Crippen molar-refractivity contribution in [2.75, 3.05) is 0 Å². The summed E-state index contributed by atoms with van der Waals surface area (Å²) in [6.07, 6.45) is 1.22. The van der Waals surface area contributed by atoms with E-state index in [0.29, 0.717) is 0 Å². The van der Waals surface area contributed by atoms with Gasteiger partial charge in [-0.1, -0.05) is 6.92 Å². The molecule has 0 aliphatic heterocycles. The SMILES string of the molecule is CC[C-](C)C.[Re]. The zero-order valence-corrected chi connectivity index (χ0v) is 7.30. The molecule has 0 aliphatic rings. The van der Waals surface area contributed by atoms with E-state index in [1.807, 2.05) is 0 Å². The van der Waals surface area contributed by atoms with Crippen molar-refractivity contribution in [3.05, 3.63) is 5.92 Å². The van der Waals surface area contributed by atoms with E-state index in [1.165, 1.54) is 12.3 Å². The largest absolute Gasteiger partial charge is 0.320 e. The minimum Gasteiger partial charge on any atom is -0.320 e. The Morgan fingerprint density at radius 2 is 1.50 bits per heavy atom. The molecular formula is C5H11Re-. The van der Waals surface area contributed by atoms with Crippen LogP contribution in [0.5, 0.6) is 0 Å². The van der Waals surface area contributed by atoms with Gasteiger partial charge in [0, 0.05) is 20.4 Å². The van der Waals surface area contributed by atoms with E-state index in [-0.39, 0.29) is 20.4 Å². The first-order valence-electron chi connectivity index (χ1n) is 2.06. The minimum absolute atomic E-state index is 0. The molecule has 0 aromatic rings. The van der Waals surface area contributed by atoms with Gasteiger partial charge in [-0.25, -0.2) is 0 Å². The van der Waals surface area contributed by atoms with Gasteiger partial charge >= 0.3 is 0 Å². The van der Waals surface area contributed by atoms with Crippen LogP contribution in [0.3, 0.4) is 0 Å². The summed E-state index contributed by atoms with van der Waals surface area (Å²) in [4.78, 5) is 0. The molecule has 0 unspecified atom stereocenters. The van der Waals surface area contributed by atoms with E-state index in [2.05, 4.69) is 20.8 Å². The van der Waals surface area contributed by atoms with E-state index in [4.69, 9.17) is 0 Å². The second-order valence-electron chi connectivity index (χ2n) is 1.56. The third-order valence-electron chi connectivity index (χ3n) is 0.707. The van der Waals surface area contributed by atoms with Crippen LogP contribution in [0.4, 0.5) is 0 Å². The molecule has 0 rings (SSSR count). The zero-order chi connectivity index (χ0) is 4.28. The van der Waals surface area contributed by atoms with E-state index >= 15 is 0 Å². The van der Waals surface area contributed by atoms with E-state index in [0.717, 1.165) is 0 Å². The van der Waals surface area contributed by atoms with Crippen molar-refractivity contribution in [3.63, 3.8) is 0 Å². The van der Waals surface area contributed by atoms with Gasteiger partial charge in [-0.2, -0.15) is 20.3 Å². The average Bonchev–Trinajstić information content (AvgIpc) is 1.38. The van der Waals surface area contributed by atoms with Crippen molar-refractivity contribution in [3.8, 4) is 0 Å². The van der Waals surface area contributed by atoms with Gasteiger partial charge in [0.2, 0.25) is 0 Å². The van der Waals surface area contributed by atoms with E-state index < -0.39 is 0 Å². The predicted octanol–water partition coefficient (Wildman–Crippen LogP) is 2.01. The molecule has 0 bridgehead atoms. The molecular weight excluding hydrogens is 246 g/mol. The summed E-state index contributed by atoms with van der Waals surface area (Å²) in [7, 11) is 0. The molecule has 0 saturated heterocycles. The fourth-order valence-electron chi connectivity index (χ4n) is 0. The first-order chi connectivity index (χ1) is 2.27. The molecule has 6 heavy (non-hydrogen) atoms. The van der Waals surface area contributed by atoms with Crippen molar-refractivity contribution in [1.29, 1.82) is 0 Å². The Bertz CT molecular complexity index is 17.9. The molecule has 0 saturated carbocycles. The van der Waals surface area contributed by atoms with Gasteiger partial charge in [-0.3, -0.25) is 0 Å². The molecule has 0 heterocycles. The molecule has 0 aliphatic carbocycles. The number of hydrogen-bond donors (Lipinski definition) is 0. The summed E-state index contributed by atoms with van der Waals surface area (Å²) >= 11 is 0. The van der Waals surface area contributed by atoms with Crippen LogP contribution < -0.4 is 0 Å². The maximum Gasteiger partial charge on any atom is 0 e. The molecule has 0 nitrogen and oxygen atoms in total. The Hall–Kier alpha value is 0.662. The van der Waals surface area contributed by atoms with Crippen LogP contribution in [-0.2, 0) is 20.4 Å². The summed E-state index contributed by atoms with van der Waals surface area (Å²) in [6.45, 7) is 6.44. The maximum atomic E-state index is 2.16. The summed E-state index contributed by atoms with van der Waals surface area (Å²) in [5.74, 6) is 1.50. The van der Waals surface area contributed by atoms with Crippen molar-refractivity contribution >= 4 is 0 Å². The fraction of sp³-hybridized carbons (Fsp3) is 0.800. The van der Waals surface area contributed by atoms with E-state index in [9.17, 15) is 0 Å². The summed E-state index contributed by atoms with van der Waals surface area (Å²) < 4.78 is 0. The molecule has 39 valence electrons. The van der Waals surface area contributed by atoms with Gasteiger partial charge in [0.05, 0.1) is 0 Å². The van der Waals surface area contributed by atoms with Crippen molar-refractivity contribution in [2.45, 2.75) is 27.2 Å². The molecule has 0 atom stereocenters. The van der Waals surface area contributed by atoms with E-state index in [1.54, 1.807) is 0 Å². The summed E-state index contributed by atoms with van der Waals surface area (Å²) in [5.41, 5.74) is 0. The predicted molar refractivity (Wildman–Crippen MR) is 24.9 cm³/mol. The second-order valence-corrected chi connectivity index (χ2v) is 1.56.